The second-order valence-corrected chi connectivity index (χ2v) is 3.74. The Balaban J connectivity index is -0.000000411. The number of halogens is 12. The van der Waals surface area contributed by atoms with Crippen LogP contribution < -0.4 is 10.2 Å². The maximum atomic E-state index is 11.3. The van der Waals surface area contributed by atoms with Crippen molar-refractivity contribution in [2.75, 3.05) is 0 Å². The van der Waals surface area contributed by atoms with Crippen LogP contribution >= 0.6 is 0 Å². The van der Waals surface area contributed by atoms with Crippen LogP contribution in [-0.2, 0) is 26.1 Å². The standard InChI is InChI=1S/2C5H2F6O2.Ni/c2*6-4(7,8)2(12)1-3(13)5(9,10)11;/h2*1,12H;/q;;+2/p-2/b2*2-1+;. The van der Waals surface area contributed by atoms with E-state index in [2.05, 4.69) is 0 Å². The summed E-state index contributed by atoms with van der Waals surface area (Å²) in [6.07, 6.45) is -23.9. The van der Waals surface area contributed by atoms with Gasteiger partial charge in [0.2, 0.25) is 0 Å². The molecule has 0 rings (SSSR count). The first-order valence-electron chi connectivity index (χ1n) is 5.24. The van der Waals surface area contributed by atoms with Gasteiger partial charge in [0.1, 0.15) is 0 Å². The summed E-state index contributed by atoms with van der Waals surface area (Å²) in [6, 6.07) is 0. The van der Waals surface area contributed by atoms with E-state index in [4.69, 9.17) is 0 Å². The van der Waals surface area contributed by atoms with Gasteiger partial charge in [-0.3, -0.25) is 9.59 Å². The third-order valence-electron chi connectivity index (χ3n) is 1.64. The fourth-order valence-electron chi connectivity index (χ4n) is 0.565. The van der Waals surface area contributed by atoms with Crippen molar-refractivity contribution in [3.63, 3.8) is 0 Å². The predicted octanol–water partition coefficient (Wildman–Crippen LogP) is 1.85. The number of hydrogen-bond acceptors (Lipinski definition) is 4. The van der Waals surface area contributed by atoms with E-state index in [1.807, 2.05) is 0 Å². The smallest absolute Gasteiger partial charge is 0.869 e. The molecule has 0 atom stereocenters. The van der Waals surface area contributed by atoms with Crippen LogP contribution in [-0.4, -0.2) is 36.3 Å². The first-order valence-corrected chi connectivity index (χ1v) is 5.24. The van der Waals surface area contributed by atoms with Crippen LogP contribution in [0.1, 0.15) is 0 Å². The van der Waals surface area contributed by atoms with Gasteiger partial charge in [-0.2, -0.15) is 52.7 Å². The molecule has 0 unspecified atom stereocenters. The van der Waals surface area contributed by atoms with E-state index in [0.29, 0.717) is 0 Å². The molecule has 0 spiro atoms. The molecule has 17 heteroatoms. The summed E-state index contributed by atoms with van der Waals surface area (Å²) in [5, 5.41) is 19.6. The monoisotopic (exact) mass is 472 g/mol. The third-order valence-corrected chi connectivity index (χ3v) is 1.64. The number of carbonyl (C=O) groups excluding carboxylic acids is 2. The Morgan fingerprint density at radius 1 is 0.519 bits per heavy atom. The van der Waals surface area contributed by atoms with Crippen LogP contribution in [0.15, 0.2) is 23.7 Å². The van der Waals surface area contributed by atoms with Crippen molar-refractivity contribution < 1.29 is 89.0 Å². The molecule has 0 aliphatic carbocycles. The Hall–Kier alpha value is -1.93. The van der Waals surface area contributed by atoms with Gasteiger partial charge in [-0.25, -0.2) is 0 Å². The second-order valence-electron chi connectivity index (χ2n) is 3.74. The molecule has 0 heterocycles. The minimum Gasteiger partial charge on any atom is -0.869 e. The van der Waals surface area contributed by atoms with Crippen molar-refractivity contribution in [2.45, 2.75) is 24.7 Å². The number of hydrogen-bond donors (Lipinski definition) is 0. The molecule has 0 saturated carbocycles. The van der Waals surface area contributed by atoms with E-state index < -0.39 is 59.9 Å². The molecule has 0 aliphatic rings. The molecule has 27 heavy (non-hydrogen) atoms. The van der Waals surface area contributed by atoms with Gasteiger partial charge in [-0.05, 0) is 23.7 Å². The van der Waals surface area contributed by atoms with Crippen molar-refractivity contribution in [1.29, 1.82) is 0 Å². The maximum Gasteiger partial charge on any atom is 2.00 e. The van der Waals surface area contributed by atoms with E-state index in [9.17, 15) is 72.5 Å². The fourth-order valence-corrected chi connectivity index (χ4v) is 0.565. The molecular formula is C10H2F12NiO4. The number of carbonyl (C=O) groups is 2. The first kappa shape index (κ1) is 29.8. The van der Waals surface area contributed by atoms with Gasteiger partial charge >= 0.3 is 41.2 Å². The molecule has 160 valence electrons. The first-order chi connectivity index (χ1) is 11.1. The van der Waals surface area contributed by atoms with Crippen molar-refractivity contribution in [3.8, 4) is 0 Å². The molecule has 0 aromatic carbocycles. The molecule has 4 nitrogen and oxygen atoms in total. The molecule has 0 aromatic rings. The van der Waals surface area contributed by atoms with Crippen LogP contribution in [0, 0.1) is 0 Å². The minimum absolute atomic E-state index is 0. The van der Waals surface area contributed by atoms with Crippen molar-refractivity contribution >= 4 is 11.6 Å². The minimum atomic E-state index is -5.46. The van der Waals surface area contributed by atoms with Gasteiger partial charge in [-0.15, -0.1) is 0 Å². The summed E-state index contributed by atoms with van der Waals surface area (Å²) in [6.45, 7) is 0. The van der Waals surface area contributed by atoms with Crippen LogP contribution in [0.4, 0.5) is 52.7 Å². The van der Waals surface area contributed by atoms with E-state index in [1.54, 1.807) is 0 Å². The average Bonchev–Trinajstić information content (AvgIpc) is 2.34. The van der Waals surface area contributed by atoms with Gasteiger partial charge in [-0.1, -0.05) is 0 Å². The largest absolute Gasteiger partial charge is 2.00 e. The van der Waals surface area contributed by atoms with Gasteiger partial charge in [0.25, 0.3) is 11.6 Å². The number of alkyl halides is 12. The second kappa shape index (κ2) is 9.85. The van der Waals surface area contributed by atoms with Crippen LogP contribution in [0.2, 0.25) is 0 Å². The average molecular weight is 473 g/mol. The molecule has 0 aliphatic heterocycles. The van der Waals surface area contributed by atoms with Crippen LogP contribution in [0.5, 0.6) is 0 Å². The zero-order chi connectivity index (χ0) is 21.7. The topological polar surface area (TPSA) is 80.3 Å². The summed E-state index contributed by atoms with van der Waals surface area (Å²) in [5.74, 6) is -11.3. The predicted molar refractivity (Wildman–Crippen MR) is 50.4 cm³/mol. The quantitative estimate of drug-likeness (QED) is 0.266. The van der Waals surface area contributed by atoms with E-state index in [-0.39, 0.29) is 16.5 Å². The van der Waals surface area contributed by atoms with E-state index in [0.717, 1.165) is 0 Å². The Bertz CT molecular complexity index is 527. The molecule has 0 fully saturated rings. The third kappa shape index (κ3) is 13.0. The summed E-state index contributed by atoms with van der Waals surface area (Å²) in [7, 11) is 0. The number of rotatable bonds is 2. The molecule has 0 bridgehead atoms. The van der Waals surface area contributed by atoms with Crippen molar-refractivity contribution in [3.05, 3.63) is 23.7 Å². The van der Waals surface area contributed by atoms with Crippen LogP contribution in [0.3, 0.4) is 0 Å². The number of ketones is 2. The molecule has 0 radical (unpaired) electrons. The van der Waals surface area contributed by atoms with Gasteiger partial charge in [0.15, 0.2) is 0 Å². The summed E-state index contributed by atoms with van der Waals surface area (Å²) < 4.78 is 136. The fraction of sp³-hybridized carbons (Fsp3) is 0.400. The summed E-state index contributed by atoms with van der Waals surface area (Å²) in [5.41, 5.74) is 0. The summed E-state index contributed by atoms with van der Waals surface area (Å²) >= 11 is 0. The normalized spacial score (nSPS) is 13.9. The van der Waals surface area contributed by atoms with E-state index in [1.165, 1.54) is 0 Å². The zero-order valence-corrected chi connectivity index (χ0v) is 12.6. The van der Waals surface area contributed by atoms with Crippen LogP contribution in [0.25, 0.3) is 0 Å². The SMILES string of the molecule is O=C(/C=C(/[O-])C(F)(F)F)C(F)(F)F.O=C(/C=C(/[O-])C(F)(F)F)C(F)(F)F.[Ni+2]. The number of allylic oxidation sites excluding steroid dienone is 4. The molecule has 0 saturated heterocycles. The molecule has 0 amide bonds. The molecule has 0 N–H and O–H groups in total. The Kier molecular flexibility index (Phi) is 10.9. The van der Waals surface area contributed by atoms with E-state index >= 15 is 0 Å². The van der Waals surface area contributed by atoms with Gasteiger partial charge < -0.3 is 10.2 Å². The van der Waals surface area contributed by atoms with Crippen molar-refractivity contribution in [1.82, 2.24) is 0 Å². The maximum absolute atomic E-state index is 11.3. The van der Waals surface area contributed by atoms with Crippen molar-refractivity contribution in [2.24, 2.45) is 0 Å². The Morgan fingerprint density at radius 2 is 0.704 bits per heavy atom. The molecule has 0 aromatic heterocycles. The Morgan fingerprint density at radius 3 is 0.815 bits per heavy atom. The van der Waals surface area contributed by atoms with Gasteiger partial charge in [0, 0.05) is 0 Å². The Labute approximate surface area is 150 Å². The van der Waals surface area contributed by atoms with Gasteiger partial charge in [0.05, 0.1) is 0 Å². The summed E-state index contributed by atoms with van der Waals surface area (Å²) in [4.78, 5) is 19.6. The zero-order valence-electron chi connectivity index (χ0n) is 11.6. The molecular weight excluding hydrogens is 471 g/mol.